The number of imide groups is 1. The van der Waals surface area contributed by atoms with E-state index in [2.05, 4.69) is 31.2 Å². The molecule has 1 aromatic heterocycles. The predicted octanol–water partition coefficient (Wildman–Crippen LogP) is 5.64. The largest absolute Gasteiger partial charge is 0.481 e. The van der Waals surface area contributed by atoms with E-state index in [1.54, 1.807) is 50.1 Å². The first-order valence-corrected chi connectivity index (χ1v) is 27.9. The van der Waals surface area contributed by atoms with Gasteiger partial charge >= 0.3 is 11.9 Å². The van der Waals surface area contributed by atoms with Gasteiger partial charge in [-0.3, -0.25) is 57.7 Å². The Balaban J connectivity index is 1.37. The van der Waals surface area contributed by atoms with E-state index < -0.39 is 77.3 Å². The number of amides is 8. The number of aromatic nitrogens is 1. The lowest BCUT2D eigenvalue weighted by atomic mass is 9.94. The number of aliphatic imine (C=N–C) groups is 1. The Hall–Kier alpha value is -6.68. The van der Waals surface area contributed by atoms with E-state index >= 15 is 0 Å². The van der Waals surface area contributed by atoms with Crippen LogP contribution in [0.25, 0.3) is 0 Å². The van der Waals surface area contributed by atoms with Crippen LogP contribution in [0.15, 0.2) is 46.8 Å². The molecule has 78 heavy (non-hydrogen) atoms. The molecule has 1 aromatic carbocycles. The zero-order valence-corrected chi connectivity index (χ0v) is 47.9. The smallest absolute Gasteiger partial charge is 0.306 e. The maximum atomic E-state index is 14.1. The summed E-state index contributed by atoms with van der Waals surface area (Å²) in [6.07, 6.45) is 7.87. The number of unbranched alkanes of at least 4 members (excludes halogenated alkanes) is 2. The van der Waals surface area contributed by atoms with Gasteiger partial charge in [-0.15, -0.1) is 11.3 Å². The Morgan fingerprint density at radius 2 is 1.58 bits per heavy atom. The molecule has 0 bridgehead atoms. The topological polar surface area (TPSA) is 283 Å². The Morgan fingerprint density at radius 1 is 0.910 bits per heavy atom. The van der Waals surface area contributed by atoms with Gasteiger partial charge in [0, 0.05) is 74.9 Å². The molecule has 8 atom stereocenters. The summed E-state index contributed by atoms with van der Waals surface area (Å²) in [6, 6.07) is 3.69. The number of rotatable bonds is 30. The van der Waals surface area contributed by atoms with Crippen molar-refractivity contribution in [2.75, 3.05) is 32.5 Å². The molecule has 2 aliphatic heterocycles. The lowest BCUT2D eigenvalue weighted by Crippen LogP contribution is -2.53. The van der Waals surface area contributed by atoms with Crippen LogP contribution in [0.3, 0.4) is 0 Å². The molecule has 0 spiro atoms. The van der Waals surface area contributed by atoms with Crippen molar-refractivity contribution in [3.63, 3.8) is 0 Å². The summed E-state index contributed by atoms with van der Waals surface area (Å²) in [7, 11) is 3.58. The van der Waals surface area contributed by atoms with E-state index in [-0.39, 0.29) is 79.3 Å². The molecule has 2 aliphatic rings. The number of thiazole rings is 1. The zero-order valence-electron chi connectivity index (χ0n) is 47.1. The van der Waals surface area contributed by atoms with Crippen LogP contribution in [0.4, 0.5) is 5.69 Å². The number of hydrogen-bond donors (Lipinski definition) is 5. The van der Waals surface area contributed by atoms with E-state index in [9.17, 15) is 53.1 Å². The lowest BCUT2D eigenvalue weighted by molar-refractivity contribution is -0.149. The molecule has 8 amide bonds. The lowest BCUT2D eigenvalue weighted by Gasteiger charge is -2.35. The van der Waals surface area contributed by atoms with Gasteiger partial charge in [0.25, 0.3) is 23.6 Å². The molecule has 3 heterocycles. The normalized spacial score (nSPS) is 18.3. The van der Waals surface area contributed by atoms with Crippen LogP contribution in [0.2, 0.25) is 0 Å². The van der Waals surface area contributed by atoms with Gasteiger partial charge in [0.15, 0.2) is 6.10 Å². The quantitative estimate of drug-likeness (QED) is 0.0274. The maximum Gasteiger partial charge on any atom is 0.306 e. The number of nitrogens with one attached hydrogen (secondary N) is 4. The number of carboxylic acids is 1. The van der Waals surface area contributed by atoms with Gasteiger partial charge in [0.2, 0.25) is 23.6 Å². The molecule has 0 saturated carbocycles. The van der Waals surface area contributed by atoms with Crippen LogP contribution in [-0.2, 0) is 54.3 Å². The number of esters is 1. The summed E-state index contributed by atoms with van der Waals surface area (Å²) in [6.45, 7) is 16.6. The number of likely N-dealkylation sites (N-methyl/N-ethyl adjacent to an activating group) is 1. The highest BCUT2D eigenvalue weighted by molar-refractivity contribution is 7.09. The van der Waals surface area contributed by atoms with Gasteiger partial charge in [-0.2, -0.15) is 0 Å². The molecule has 1 saturated heterocycles. The average molecular weight is 1100 g/mol. The first-order valence-electron chi connectivity index (χ1n) is 27.0. The summed E-state index contributed by atoms with van der Waals surface area (Å²) < 4.78 is 5.79. The minimum absolute atomic E-state index is 0.0235. The van der Waals surface area contributed by atoms with Crippen LogP contribution >= 0.6 is 11.3 Å². The van der Waals surface area contributed by atoms with Crippen LogP contribution in [0, 0.1) is 23.7 Å². The highest BCUT2D eigenvalue weighted by Crippen LogP contribution is 2.32. The van der Waals surface area contributed by atoms with Gasteiger partial charge in [-0.1, -0.05) is 66.5 Å². The number of carbonyl (C=O) groups is 10. The number of hydrogen-bond acceptors (Lipinski definition) is 14. The second kappa shape index (κ2) is 29.9. The Labute approximate surface area is 462 Å². The van der Waals surface area contributed by atoms with E-state index in [1.807, 2.05) is 39.6 Å². The highest BCUT2D eigenvalue weighted by atomic mass is 32.1. The monoisotopic (exact) mass is 1100 g/mol. The number of benzene rings is 1. The number of carboxylic acid groups (broad SMARTS) is 1. The maximum absolute atomic E-state index is 14.1. The summed E-state index contributed by atoms with van der Waals surface area (Å²) in [5.74, 6) is -6.76. The van der Waals surface area contributed by atoms with Gasteiger partial charge in [-0.25, -0.2) is 9.98 Å². The van der Waals surface area contributed by atoms with Crippen molar-refractivity contribution in [1.82, 2.24) is 35.6 Å². The number of anilines is 1. The SMILES string of the molecule is CCCC(C=NC(=O)[C@@]1(C)CCCN1C)C(=O)N(C)[C@H](C[C@@H](OC(C)=O)c1nc(C(=O)N[C@@H](Cc2ccc(NC(=O)[C@H](C)NC(=O)[C@@H](NC(=O)CCCCCN3C(=O)C=CC3=O)C(C)C)cc2)C[C@H](C)C(=O)O)cs1)C(C)C. The highest BCUT2D eigenvalue weighted by Gasteiger charge is 2.41. The Morgan fingerprint density at radius 3 is 2.15 bits per heavy atom. The molecule has 4 rings (SSSR count). The van der Waals surface area contributed by atoms with Crippen molar-refractivity contribution in [3.8, 4) is 0 Å². The number of aliphatic carboxylic acids is 1. The third-order valence-electron chi connectivity index (χ3n) is 14.5. The average Bonchev–Trinajstić information content (AvgIpc) is 4.10. The number of nitrogens with zero attached hydrogens (tertiary/aromatic N) is 5. The first kappa shape index (κ1) is 63.8. The van der Waals surface area contributed by atoms with Gasteiger partial charge in [-0.05, 0) is 102 Å². The fraction of sp³-hybridized carbons (Fsp3) is 0.607. The van der Waals surface area contributed by atoms with Crippen molar-refractivity contribution >= 4 is 82.4 Å². The molecule has 428 valence electrons. The summed E-state index contributed by atoms with van der Waals surface area (Å²) in [5, 5.41) is 22.8. The zero-order chi connectivity index (χ0) is 58.0. The molecule has 0 aliphatic carbocycles. The number of carbonyl (C=O) groups excluding carboxylic acids is 9. The molecule has 0 radical (unpaired) electrons. The Bertz CT molecular complexity index is 2510. The summed E-state index contributed by atoms with van der Waals surface area (Å²) in [5.41, 5.74) is 0.417. The Kier molecular flexibility index (Phi) is 24.5. The summed E-state index contributed by atoms with van der Waals surface area (Å²) >= 11 is 1.11. The van der Waals surface area contributed by atoms with E-state index in [1.165, 1.54) is 44.5 Å². The molecule has 1 fully saturated rings. The molecule has 21 nitrogen and oxygen atoms in total. The standard InChI is InChI=1S/C56H81N9O12S/c1-12-17-39(31-57-55(76)56(9)25-16-26-63(56)10)53(73)64(11)43(33(2)3)30-44(77-37(8)66)52-61-42(32-78-52)50(71)60-41(28-35(6)54(74)75)29-38-19-21-40(22-20-38)59-49(70)36(7)58-51(72)48(34(4)5)62-45(67)18-14-13-15-27-65-46(68)23-24-47(65)69/h19-24,31-36,39,41,43-44,48H,12-18,25-30H2,1-11H3,(H,58,72)(H,59,70)(H,60,71)(H,62,67)(H,74,75)/t35-,36-,39?,41+,43+,44+,48-,56+/m0/s1. The van der Waals surface area contributed by atoms with E-state index in [4.69, 9.17) is 4.74 Å². The molecule has 2 aromatic rings. The number of ether oxygens (including phenoxy) is 1. The van der Waals surface area contributed by atoms with Crippen molar-refractivity contribution in [1.29, 1.82) is 0 Å². The molecule has 22 heteroatoms. The minimum atomic E-state index is -1.05. The third kappa shape index (κ3) is 18.5. The van der Waals surface area contributed by atoms with Crippen LogP contribution < -0.4 is 21.3 Å². The number of likely N-dealkylation sites (tertiary alicyclic amines) is 1. The first-order chi connectivity index (χ1) is 36.7. The van der Waals surface area contributed by atoms with Gasteiger partial charge in [0.05, 0.1) is 17.4 Å². The van der Waals surface area contributed by atoms with Crippen molar-refractivity contribution < 1.29 is 57.8 Å². The summed E-state index contributed by atoms with van der Waals surface area (Å²) in [4.78, 5) is 142. The second-order valence-corrected chi connectivity index (χ2v) is 22.4. The van der Waals surface area contributed by atoms with E-state index in [0.29, 0.717) is 54.8 Å². The van der Waals surface area contributed by atoms with E-state index in [0.717, 1.165) is 29.2 Å². The minimum Gasteiger partial charge on any atom is -0.481 e. The fourth-order valence-corrected chi connectivity index (χ4v) is 10.3. The van der Waals surface area contributed by atoms with Crippen molar-refractivity contribution in [2.45, 2.75) is 169 Å². The fourth-order valence-electron chi connectivity index (χ4n) is 9.47. The molecular formula is C56H81N9O12S. The third-order valence-corrected chi connectivity index (χ3v) is 15.4. The molecule has 5 N–H and O–H groups in total. The van der Waals surface area contributed by atoms with Gasteiger partial charge < -0.3 is 36.0 Å². The molecular weight excluding hydrogens is 1020 g/mol. The molecule has 1 unspecified atom stereocenters. The van der Waals surface area contributed by atoms with Crippen molar-refractivity contribution in [3.05, 3.63) is 58.1 Å². The second-order valence-electron chi connectivity index (χ2n) is 21.5. The van der Waals surface area contributed by atoms with Crippen LogP contribution in [-0.4, -0.2) is 147 Å². The van der Waals surface area contributed by atoms with Gasteiger partial charge in [0.1, 0.15) is 22.8 Å². The predicted molar refractivity (Wildman–Crippen MR) is 295 cm³/mol. The van der Waals surface area contributed by atoms with Crippen LogP contribution in [0.1, 0.15) is 154 Å². The van der Waals surface area contributed by atoms with Crippen molar-refractivity contribution in [2.24, 2.45) is 28.7 Å². The van der Waals surface area contributed by atoms with Crippen LogP contribution in [0.5, 0.6) is 0 Å².